The summed E-state index contributed by atoms with van der Waals surface area (Å²) >= 11 is 0. The minimum atomic E-state index is 0.381. The molecule has 0 unspecified atom stereocenters. The lowest BCUT2D eigenvalue weighted by atomic mass is 9.95. The Morgan fingerprint density at radius 2 is 1.81 bits per heavy atom. The van der Waals surface area contributed by atoms with Gasteiger partial charge >= 0.3 is 0 Å². The molecule has 6 heteroatoms. The summed E-state index contributed by atoms with van der Waals surface area (Å²) in [7, 11) is 0. The Hall–Kier alpha value is -2.11. The highest BCUT2D eigenvalue weighted by molar-refractivity contribution is 5.73. The van der Waals surface area contributed by atoms with Gasteiger partial charge in [0.15, 0.2) is 5.82 Å². The topological polar surface area (TPSA) is 67.1 Å². The van der Waals surface area contributed by atoms with Gasteiger partial charge in [0.1, 0.15) is 5.82 Å². The monoisotopic (exact) mass is 357 g/mol. The molecule has 0 atom stereocenters. The first kappa shape index (κ1) is 18.7. The van der Waals surface area contributed by atoms with E-state index in [9.17, 15) is 0 Å². The quantitative estimate of drug-likeness (QED) is 0.800. The van der Waals surface area contributed by atoms with Crippen molar-refractivity contribution in [2.45, 2.75) is 84.8 Å². The van der Waals surface area contributed by atoms with E-state index in [4.69, 9.17) is 9.51 Å². The van der Waals surface area contributed by atoms with Crippen molar-refractivity contribution in [2.75, 3.05) is 10.2 Å². The van der Waals surface area contributed by atoms with E-state index in [-0.39, 0.29) is 0 Å². The van der Waals surface area contributed by atoms with Crippen LogP contribution in [0.15, 0.2) is 16.8 Å². The van der Waals surface area contributed by atoms with Gasteiger partial charge in [0.2, 0.25) is 0 Å². The SMILES string of the molecule is Cc1noc(-c2cc(N(C(C)C)C(C)C)cnc2NC2CCCCC2)n1. The summed E-state index contributed by atoms with van der Waals surface area (Å²) in [6, 6.07) is 3.36. The van der Waals surface area contributed by atoms with Crippen molar-refractivity contribution in [3.63, 3.8) is 0 Å². The van der Waals surface area contributed by atoms with Gasteiger partial charge in [0.25, 0.3) is 5.89 Å². The van der Waals surface area contributed by atoms with Gasteiger partial charge in [-0.05, 0) is 53.5 Å². The molecule has 0 radical (unpaired) electrons. The number of aromatic nitrogens is 3. The van der Waals surface area contributed by atoms with Gasteiger partial charge in [-0.2, -0.15) is 4.98 Å². The molecule has 2 aromatic heterocycles. The highest BCUT2D eigenvalue weighted by Gasteiger charge is 2.22. The van der Waals surface area contributed by atoms with Gasteiger partial charge in [-0.3, -0.25) is 0 Å². The maximum atomic E-state index is 5.48. The molecular formula is C20H31N5O. The van der Waals surface area contributed by atoms with Crippen molar-refractivity contribution in [1.82, 2.24) is 15.1 Å². The van der Waals surface area contributed by atoms with Crippen molar-refractivity contribution in [2.24, 2.45) is 0 Å². The van der Waals surface area contributed by atoms with E-state index in [2.05, 4.69) is 54.1 Å². The molecule has 0 aromatic carbocycles. The Balaban J connectivity index is 1.98. The molecule has 0 aliphatic heterocycles. The zero-order chi connectivity index (χ0) is 18.7. The lowest BCUT2D eigenvalue weighted by Gasteiger charge is -2.33. The summed E-state index contributed by atoms with van der Waals surface area (Å²) in [6.07, 6.45) is 8.22. The average molecular weight is 358 g/mol. The lowest BCUT2D eigenvalue weighted by Crippen LogP contribution is -2.37. The van der Waals surface area contributed by atoms with Crippen LogP contribution in [-0.4, -0.2) is 33.3 Å². The van der Waals surface area contributed by atoms with Crippen LogP contribution >= 0.6 is 0 Å². The third kappa shape index (κ3) is 4.17. The molecule has 0 saturated heterocycles. The van der Waals surface area contributed by atoms with Gasteiger partial charge in [0, 0.05) is 18.1 Å². The van der Waals surface area contributed by atoms with Crippen molar-refractivity contribution in [3.8, 4) is 11.5 Å². The predicted molar refractivity (Wildman–Crippen MR) is 106 cm³/mol. The highest BCUT2D eigenvalue weighted by Crippen LogP contribution is 2.32. The smallest absolute Gasteiger partial charge is 0.261 e. The largest absolute Gasteiger partial charge is 0.367 e. The molecule has 1 fully saturated rings. The van der Waals surface area contributed by atoms with E-state index in [1.165, 1.54) is 32.1 Å². The highest BCUT2D eigenvalue weighted by atomic mass is 16.5. The van der Waals surface area contributed by atoms with Crippen LogP contribution in [-0.2, 0) is 0 Å². The number of pyridine rings is 1. The number of rotatable bonds is 6. The number of nitrogens with one attached hydrogen (secondary N) is 1. The molecule has 1 aliphatic rings. The van der Waals surface area contributed by atoms with Crippen molar-refractivity contribution in [1.29, 1.82) is 0 Å². The van der Waals surface area contributed by atoms with Crippen molar-refractivity contribution in [3.05, 3.63) is 18.1 Å². The summed E-state index contributed by atoms with van der Waals surface area (Å²) in [5.74, 6) is 2.01. The van der Waals surface area contributed by atoms with E-state index >= 15 is 0 Å². The fourth-order valence-corrected chi connectivity index (χ4v) is 3.91. The van der Waals surface area contributed by atoms with Crippen molar-refractivity contribution >= 4 is 11.5 Å². The Kier molecular flexibility index (Phi) is 5.79. The molecule has 2 aromatic rings. The molecule has 0 spiro atoms. The van der Waals surface area contributed by atoms with Crippen LogP contribution < -0.4 is 10.2 Å². The molecule has 142 valence electrons. The van der Waals surface area contributed by atoms with E-state index in [0.717, 1.165) is 17.1 Å². The first-order valence-corrected chi connectivity index (χ1v) is 9.81. The normalized spacial score (nSPS) is 15.7. The standard InChI is InChI=1S/C20H31N5O/c1-13(2)25(14(3)4)17-11-18(20-22-15(5)24-26-20)19(21-12-17)23-16-9-7-6-8-10-16/h11-14,16H,6-10H2,1-5H3,(H,21,23). The third-order valence-corrected chi connectivity index (χ3v) is 4.99. The van der Waals surface area contributed by atoms with Crippen LogP contribution in [0.1, 0.15) is 65.6 Å². The van der Waals surface area contributed by atoms with Crippen LogP contribution in [0.25, 0.3) is 11.5 Å². The van der Waals surface area contributed by atoms with Crippen LogP contribution in [0, 0.1) is 6.92 Å². The molecule has 2 heterocycles. The minimum Gasteiger partial charge on any atom is -0.367 e. The van der Waals surface area contributed by atoms with Gasteiger partial charge in [-0.1, -0.05) is 24.4 Å². The molecule has 0 bridgehead atoms. The third-order valence-electron chi connectivity index (χ3n) is 4.99. The number of aryl methyl sites for hydroxylation is 1. The van der Waals surface area contributed by atoms with Crippen LogP contribution in [0.5, 0.6) is 0 Å². The maximum absolute atomic E-state index is 5.48. The Morgan fingerprint density at radius 1 is 1.12 bits per heavy atom. The Bertz CT molecular complexity index is 711. The Morgan fingerprint density at radius 3 is 2.38 bits per heavy atom. The molecule has 26 heavy (non-hydrogen) atoms. The summed E-state index contributed by atoms with van der Waals surface area (Å²) in [5.41, 5.74) is 1.97. The van der Waals surface area contributed by atoms with E-state index < -0.39 is 0 Å². The molecule has 1 saturated carbocycles. The lowest BCUT2D eigenvalue weighted by molar-refractivity contribution is 0.425. The predicted octanol–water partition coefficient (Wildman–Crippen LogP) is 4.81. The summed E-state index contributed by atoms with van der Waals surface area (Å²) < 4.78 is 5.48. The molecule has 3 rings (SSSR count). The summed E-state index contributed by atoms with van der Waals surface area (Å²) in [5, 5.41) is 7.59. The van der Waals surface area contributed by atoms with E-state index in [1.54, 1.807) is 0 Å². The second kappa shape index (κ2) is 8.06. The number of hydrogen-bond donors (Lipinski definition) is 1. The fourth-order valence-electron chi connectivity index (χ4n) is 3.91. The van der Waals surface area contributed by atoms with E-state index in [0.29, 0.717) is 29.8 Å². The van der Waals surface area contributed by atoms with Gasteiger partial charge < -0.3 is 14.7 Å². The summed E-state index contributed by atoms with van der Waals surface area (Å²) in [6.45, 7) is 10.6. The maximum Gasteiger partial charge on any atom is 0.261 e. The number of nitrogens with zero attached hydrogens (tertiary/aromatic N) is 4. The zero-order valence-corrected chi connectivity index (χ0v) is 16.6. The second-order valence-electron chi connectivity index (χ2n) is 7.81. The molecular weight excluding hydrogens is 326 g/mol. The van der Waals surface area contributed by atoms with Gasteiger partial charge in [0.05, 0.1) is 17.4 Å². The first-order valence-electron chi connectivity index (χ1n) is 9.81. The molecule has 0 amide bonds. The summed E-state index contributed by atoms with van der Waals surface area (Å²) in [4.78, 5) is 11.6. The fraction of sp³-hybridized carbons (Fsp3) is 0.650. The van der Waals surface area contributed by atoms with Gasteiger partial charge in [-0.15, -0.1) is 0 Å². The number of anilines is 2. The van der Waals surface area contributed by atoms with E-state index in [1.807, 2.05) is 13.1 Å². The van der Waals surface area contributed by atoms with Crippen LogP contribution in [0.2, 0.25) is 0 Å². The second-order valence-corrected chi connectivity index (χ2v) is 7.81. The van der Waals surface area contributed by atoms with Crippen LogP contribution in [0.4, 0.5) is 11.5 Å². The molecule has 1 N–H and O–H groups in total. The zero-order valence-electron chi connectivity index (χ0n) is 16.6. The minimum absolute atomic E-state index is 0.381. The Labute approximate surface area is 156 Å². The molecule has 6 nitrogen and oxygen atoms in total. The molecule has 1 aliphatic carbocycles. The van der Waals surface area contributed by atoms with Gasteiger partial charge in [-0.25, -0.2) is 4.98 Å². The number of hydrogen-bond acceptors (Lipinski definition) is 6. The van der Waals surface area contributed by atoms with Crippen molar-refractivity contribution < 1.29 is 4.52 Å². The first-order chi connectivity index (χ1) is 12.5. The van der Waals surface area contributed by atoms with Crippen LogP contribution in [0.3, 0.4) is 0 Å². The average Bonchev–Trinajstić information content (AvgIpc) is 3.03.